The average molecular weight is 283 g/mol. The van der Waals surface area contributed by atoms with Crippen LogP contribution in [0.5, 0.6) is 0 Å². The molecule has 2 aromatic rings. The van der Waals surface area contributed by atoms with Crippen LogP contribution < -0.4 is 0 Å². The van der Waals surface area contributed by atoms with E-state index in [9.17, 15) is 0 Å². The monoisotopic (exact) mass is 282 g/mol. The van der Waals surface area contributed by atoms with Gasteiger partial charge in [-0.1, -0.05) is 11.6 Å². The number of ether oxygens (including phenoxy) is 1. The standard InChI is InChI=1S/C13H15ClN2OS/c1-7(17-2)6-10-15-12(14)11-8-4-3-5-9(8)18-13(11)16-10/h7H,3-6H2,1-2H3. The van der Waals surface area contributed by atoms with Crippen molar-refractivity contribution in [2.24, 2.45) is 0 Å². The van der Waals surface area contributed by atoms with E-state index in [-0.39, 0.29) is 6.10 Å². The lowest BCUT2D eigenvalue weighted by molar-refractivity contribution is 0.117. The van der Waals surface area contributed by atoms with E-state index in [0.29, 0.717) is 11.6 Å². The molecule has 3 rings (SSSR count). The minimum atomic E-state index is 0.116. The predicted molar refractivity (Wildman–Crippen MR) is 74.6 cm³/mol. The summed E-state index contributed by atoms with van der Waals surface area (Å²) in [5.74, 6) is 0.779. The molecular formula is C13H15ClN2OS. The number of aryl methyl sites for hydroxylation is 2. The third-order valence-corrected chi connectivity index (χ3v) is 4.90. The number of methoxy groups -OCH3 is 1. The second kappa shape index (κ2) is 4.76. The van der Waals surface area contributed by atoms with Crippen LogP contribution in [0.3, 0.4) is 0 Å². The fourth-order valence-corrected chi connectivity index (χ4v) is 4.06. The first kappa shape index (κ1) is 12.3. The highest BCUT2D eigenvalue weighted by molar-refractivity contribution is 7.19. The molecule has 0 bridgehead atoms. The van der Waals surface area contributed by atoms with Crippen LogP contribution in [-0.4, -0.2) is 23.2 Å². The molecule has 1 unspecified atom stereocenters. The van der Waals surface area contributed by atoms with E-state index in [1.54, 1.807) is 18.4 Å². The van der Waals surface area contributed by atoms with Gasteiger partial charge in [0.05, 0.1) is 11.5 Å². The Kier molecular flexibility index (Phi) is 3.26. The number of thiophene rings is 1. The maximum Gasteiger partial charge on any atom is 0.141 e. The van der Waals surface area contributed by atoms with Crippen molar-refractivity contribution in [1.82, 2.24) is 9.97 Å². The van der Waals surface area contributed by atoms with Gasteiger partial charge in [-0.05, 0) is 31.7 Å². The van der Waals surface area contributed by atoms with E-state index in [4.69, 9.17) is 16.3 Å². The first-order valence-electron chi connectivity index (χ1n) is 6.18. The summed E-state index contributed by atoms with van der Waals surface area (Å²) in [7, 11) is 1.70. The molecule has 1 aliphatic carbocycles. The minimum absolute atomic E-state index is 0.116. The zero-order chi connectivity index (χ0) is 12.7. The van der Waals surface area contributed by atoms with Crippen molar-refractivity contribution >= 4 is 33.2 Å². The molecule has 0 N–H and O–H groups in total. The van der Waals surface area contributed by atoms with Gasteiger partial charge >= 0.3 is 0 Å². The molecule has 0 fully saturated rings. The summed E-state index contributed by atoms with van der Waals surface area (Å²) in [5.41, 5.74) is 1.38. The molecule has 1 atom stereocenters. The van der Waals surface area contributed by atoms with Crippen LogP contribution in [0, 0.1) is 0 Å². The first-order chi connectivity index (χ1) is 8.69. The Morgan fingerprint density at radius 2 is 2.22 bits per heavy atom. The van der Waals surface area contributed by atoms with Crippen molar-refractivity contribution < 1.29 is 4.74 Å². The molecule has 0 aliphatic heterocycles. The summed E-state index contributed by atoms with van der Waals surface area (Å²) in [6.45, 7) is 2.01. The van der Waals surface area contributed by atoms with Crippen molar-refractivity contribution in [3.05, 3.63) is 21.4 Å². The third kappa shape index (κ3) is 2.02. The Balaban J connectivity index is 2.06. The van der Waals surface area contributed by atoms with Crippen LogP contribution in [0.25, 0.3) is 10.2 Å². The van der Waals surface area contributed by atoms with Gasteiger partial charge in [0.15, 0.2) is 0 Å². The fourth-order valence-electron chi connectivity index (χ4n) is 2.42. The zero-order valence-corrected chi connectivity index (χ0v) is 12.1. The maximum absolute atomic E-state index is 6.33. The molecule has 2 heterocycles. The Labute approximate surface area is 115 Å². The van der Waals surface area contributed by atoms with Gasteiger partial charge in [0.2, 0.25) is 0 Å². The van der Waals surface area contributed by atoms with E-state index in [1.807, 2.05) is 6.92 Å². The van der Waals surface area contributed by atoms with Crippen LogP contribution >= 0.6 is 22.9 Å². The number of halogens is 1. The molecule has 96 valence electrons. The summed E-state index contributed by atoms with van der Waals surface area (Å²) in [6.07, 6.45) is 4.33. The van der Waals surface area contributed by atoms with Crippen LogP contribution in [0.1, 0.15) is 29.6 Å². The molecule has 0 saturated heterocycles. The first-order valence-corrected chi connectivity index (χ1v) is 7.38. The zero-order valence-electron chi connectivity index (χ0n) is 10.5. The largest absolute Gasteiger partial charge is 0.381 e. The molecule has 5 heteroatoms. The lowest BCUT2D eigenvalue weighted by Gasteiger charge is -2.08. The Morgan fingerprint density at radius 1 is 1.39 bits per heavy atom. The number of aromatic nitrogens is 2. The lowest BCUT2D eigenvalue weighted by Crippen LogP contribution is -2.11. The maximum atomic E-state index is 6.33. The Bertz CT molecular complexity index is 596. The highest BCUT2D eigenvalue weighted by Gasteiger charge is 2.21. The van der Waals surface area contributed by atoms with E-state index >= 15 is 0 Å². The van der Waals surface area contributed by atoms with Crippen molar-refractivity contribution in [2.75, 3.05) is 7.11 Å². The Morgan fingerprint density at radius 3 is 3.00 bits per heavy atom. The molecule has 18 heavy (non-hydrogen) atoms. The third-order valence-electron chi connectivity index (χ3n) is 3.44. The van der Waals surface area contributed by atoms with Crippen LogP contribution in [-0.2, 0) is 24.0 Å². The van der Waals surface area contributed by atoms with Gasteiger partial charge in [-0.15, -0.1) is 11.3 Å². The molecule has 0 saturated carbocycles. The van der Waals surface area contributed by atoms with E-state index in [2.05, 4.69) is 9.97 Å². The van der Waals surface area contributed by atoms with Crippen molar-refractivity contribution in [3.63, 3.8) is 0 Å². The predicted octanol–water partition coefficient (Wildman–Crippen LogP) is 3.41. The highest BCUT2D eigenvalue weighted by Crippen LogP contribution is 2.39. The average Bonchev–Trinajstić information content (AvgIpc) is 2.87. The van der Waals surface area contributed by atoms with Crippen LogP contribution in [0.4, 0.5) is 0 Å². The van der Waals surface area contributed by atoms with Gasteiger partial charge in [-0.3, -0.25) is 0 Å². The van der Waals surface area contributed by atoms with E-state index < -0.39 is 0 Å². The molecule has 1 aliphatic rings. The smallest absolute Gasteiger partial charge is 0.141 e. The van der Waals surface area contributed by atoms with Gasteiger partial charge in [0.1, 0.15) is 15.8 Å². The normalized spacial score (nSPS) is 16.2. The van der Waals surface area contributed by atoms with Crippen molar-refractivity contribution in [2.45, 2.75) is 38.7 Å². The number of hydrogen-bond donors (Lipinski definition) is 0. The summed E-state index contributed by atoms with van der Waals surface area (Å²) < 4.78 is 5.25. The SMILES string of the molecule is COC(C)Cc1nc(Cl)c2c3c(sc2n1)CCC3. The quantitative estimate of drug-likeness (QED) is 0.809. The van der Waals surface area contributed by atoms with E-state index in [1.165, 1.54) is 16.9 Å². The van der Waals surface area contributed by atoms with Crippen LogP contribution in [0.2, 0.25) is 5.15 Å². The van der Waals surface area contributed by atoms with Gasteiger partial charge in [0, 0.05) is 18.4 Å². The number of hydrogen-bond acceptors (Lipinski definition) is 4. The molecule has 0 radical (unpaired) electrons. The number of rotatable bonds is 3. The van der Waals surface area contributed by atoms with Crippen molar-refractivity contribution in [3.8, 4) is 0 Å². The fraction of sp³-hybridized carbons (Fsp3) is 0.538. The number of fused-ring (bicyclic) bond motifs is 3. The second-order valence-corrected chi connectivity index (χ2v) is 6.16. The van der Waals surface area contributed by atoms with E-state index in [0.717, 1.165) is 28.9 Å². The molecule has 0 aromatic carbocycles. The van der Waals surface area contributed by atoms with Gasteiger partial charge in [-0.2, -0.15) is 0 Å². The van der Waals surface area contributed by atoms with Gasteiger partial charge < -0.3 is 4.74 Å². The second-order valence-electron chi connectivity index (χ2n) is 4.72. The minimum Gasteiger partial charge on any atom is -0.381 e. The number of nitrogens with zero attached hydrogens (tertiary/aromatic N) is 2. The molecule has 3 nitrogen and oxygen atoms in total. The summed E-state index contributed by atoms with van der Waals surface area (Å²) in [6, 6.07) is 0. The van der Waals surface area contributed by atoms with Crippen LogP contribution in [0.15, 0.2) is 0 Å². The Hall–Kier alpha value is -0.710. The molecule has 0 amide bonds. The van der Waals surface area contributed by atoms with Crippen molar-refractivity contribution in [1.29, 1.82) is 0 Å². The lowest BCUT2D eigenvalue weighted by atomic mass is 10.2. The highest BCUT2D eigenvalue weighted by atomic mass is 35.5. The van der Waals surface area contributed by atoms with Gasteiger partial charge in [-0.25, -0.2) is 9.97 Å². The topological polar surface area (TPSA) is 35.0 Å². The molecule has 2 aromatic heterocycles. The summed E-state index contributed by atoms with van der Waals surface area (Å²) in [4.78, 5) is 11.5. The molecule has 0 spiro atoms. The summed E-state index contributed by atoms with van der Waals surface area (Å²) in [5, 5.41) is 1.70. The molecular weight excluding hydrogens is 268 g/mol. The van der Waals surface area contributed by atoms with Gasteiger partial charge in [0.25, 0.3) is 0 Å². The summed E-state index contributed by atoms with van der Waals surface area (Å²) >= 11 is 8.10.